The standard InChI is InChI=1S/C54H84N2/c1-4-7-10-12-14-16-18-20-22-24-26-28-30-32-34-36-38-50-41-45-52(46-42-50)55-49-54(40-9-6-3)56-53-47-43-51(44-48-53)39-37-35-33-31-29-27-25-23-21-19-17-15-13-11-8-5-2/h41-49H,4-35,40H2,1-3H3. The Balaban J connectivity index is 1.61. The Labute approximate surface area is 348 Å². The molecule has 0 radical (unpaired) electrons. The second-order valence-electron chi connectivity index (χ2n) is 16.4. The third kappa shape index (κ3) is 29.2. The number of unbranched alkanes of at least 4 members (excludes halogenated alkanes) is 29. The number of rotatable bonds is 34. The number of nitrogens with zero attached hydrogens (tertiary/aromatic N) is 2. The fraction of sp³-hybridized carbons (Fsp3) is 0.667. The molecular weight excluding hydrogens is 677 g/mol. The monoisotopic (exact) mass is 761 g/mol. The molecule has 0 fully saturated rings. The van der Waals surface area contributed by atoms with Crippen LogP contribution < -0.4 is 0 Å². The van der Waals surface area contributed by atoms with Crippen LogP contribution in [0.5, 0.6) is 0 Å². The Bertz CT molecular complexity index is 1360. The first-order valence-corrected chi connectivity index (χ1v) is 24.0. The lowest BCUT2D eigenvalue weighted by molar-refractivity contribution is 0.536. The fourth-order valence-electron chi connectivity index (χ4n) is 7.22. The van der Waals surface area contributed by atoms with E-state index in [0.29, 0.717) is 0 Å². The number of hydrogen-bond donors (Lipinski definition) is 0. The van der Waals surface area contributed by atoms with Gasteiger partial charge in [-0.25, -0.2) is 0 Å². The zero-order valence-electron chi connectivity index (χ0n) is 36.9. The van der Waals surface area contributed by atoms with E-state index in [1.807, 2.05) is 6.21 Å². The fourth-order valence-corrected chi connectivity index (χ4v) is 7.22. The first-order valence-electron chi connectivity index (χ1n) is 24.0. The summed E-state index contributed by atoms with van der Waals surface area (Å²) in [7, 11) is 0. The number of aliphatic imine (C=N–C) groups is 2. The van der Waals surface area contributed by atoms with Crippen LogP contribution in [0.3, 0.4) is 0 Å². The second-order valence-corrected chi connectivity index (χ2v) is 16.4. The molecule has 0 saturated heterocycles. The van der Waals surface area contributed by atoms with Gasteiger partial charge in [0, 0.05) is 30.2 Å². The number of benzene rings is 2. The molecule has 0 heterocycles. The van der Waals surface area contributed by atoms with E-state index in [1.165, 1.54) is 180 Å². The molecule has 2 heteroatoms. The van der Waals surface area contributed by atoms with E-state index in [1.54, 1.807) is 0 Å². The molecule has 0 aromatic heterocycles. The van der Waals surface area contributed by atoms with E-state index in [2.05, 4.69) is 93.0 Å². The van der Waals surface area contributed by atoms with Crippen molar-refractivity contribution in [3.8, 4) is 23.7 Å². The summed E-state index contributed by atoms with van der Waals surface area (Å²) in [5.41, 5.74) is 5.05. The van der Waals surface area contributed by atoms with Gasteiger partial charge in [0.15, 0.2) is 0 Å². The summed E-state index contributed by atoms with van der Waals surface area (Å²) in [4.78, 5) is 9.73. The average Bonchev–Trinajstić information content (AvgIpc) is 3.22. The minimum Gasteiger partial charge on any atom is -0.255 e. The Kier molecular flexibility index (Phi) is 32.8. The first kappa shape index (κ1) is 49.0. The molecule has 0 spiro atoms. The molecule has 0 unspecified atom stereocenters. The van der Waals surface area contributed by atoms with Gasteiger partial charge in [0.2, 0.25) is 0 Å². The van der Waals surface area contributed by atoms with Crippen molar-refractivity contribution in [1.82, 2.24) is 0 Å². The van der Waals surface area contributed by atoms with E-state index >= 15 is 0 Å². The van der Waals surface area contributed by atoms with E-state index < -0.39 is 0 Å². The highest BCUT2D eigenvalue weighted by Crippen LogP contribution is 2.18. The molecule has 56 heavy (non-hydrogen) atoms. The summed E-state index contributed by atoms with van der Waals surface area (Å²) >= 11 is 0. The van der Waals surface area contributed by atoms with Crippen LogP contribution in [-0.2, 0) is 0 Å². The van der Waals surface area contributed by atoms with Gasteiger partial charge in [0.05, 0.1) is 17.1 Å². The van der Waals surface area contributed by atoms with Gasteiger partial charge in [-0.05, 0) is 74.2 Å². The largest absolute Gasteiger partial charge is 0.255 e. The lowest BCUT2D eigenvalue weighted by atomic mass is 10.0. The summed E-state index contributed by atoms with van der Waals surface area (Å²) in [5, 5.41) is 0. The maximum atomic E-state index is 4.95. The van der Waals surface area contributed by atoms with Gasteiger partial charge in [-0.3, -0.25) is 9.98 Å². The lowest BCUT2D eigenvalue weighted by Gasteiger charge is -2.02. The Morgan fingerprint density at radius 1 is 0.393 bits per heavy atom. The second kappa shape index (κ2) is 37.5. The molecule has 0 aliphatic heterocycles. The quantitative estimate of drug-likeness (QED) is 0.0386. The van der Waals surface area contributed by atoms with E-state index in [-0.39, 0.29) is 0 Å². The molecule has 0 amide bonds. The molecule has 0 aliphatic carbocycles. The Morgan fingerprint density at radius 3 is 1.07 bits per heavy atom. The molecule has 0 aliphatic rings. The summed E-state index contributed by atoms with van der Waals surface area (Å²) in [6.07, 6.45) is 46.1. The van der Waals surface area contributed by atoms with E-state index in [0.717, 1.165) is 60.3 Å². The predicted octanol–water partition coefficient (Wildman–Crippen LogP) is 17.8. The van der Waals surface area contributed by atoms with Crippen LogP contribution in [-0.4, -0.2) is 11.9 Å². The highest BCUT2D eigenvalue weighted by Gasteiger charge is 2.00. The average molecular weight is 761 g/mol. The van der Waals surface area contributed by atoms with Crippen molar-refractivity contribution < 1.29 is 0 Å². The van der Waals surface area contributed by atoms with E-state index in [9.17, 15) is 0 Å². The predicted molar refractivity (Wildman–Crippen MR) is 251 cm³/mol. The Hall–Kier alpha value is -3.10. The van der Waals surface area contributed by atoms with Crippen molar-refractivity contribution in [1.29, 1.82) is 0 Å². The minimum absolute atomic E-state index is 0.920. The van der Waals surface area contributed by atoms with Crippen molar-refractivity contribution in [3.63, 3.8) is 0 Å². The van der Waals surface area contributed by atoms with Gasteiger partial charge in [-0.1, -0.05) is 218 Å². The third-order valence-corrected chi connectivity index (χ3v) is 10.9. The van der Waals surface area contributed by atoms with Crippen LogP contribution in [0.4, 0.5) is 11.4 Å². The van der Waals surface area contributed by atoms with Gasteiger partial charge in [-0.15, -0.1) is 0 Å². The molecule has 0 N–H and O–H groups in total. The smallest absolute Gasteiger partial charge is 0.0634 e. The molecule has 310 valence electrons. The highest BCUT2D eigenvalue weighted by atomic mass is 14.8. The zero-order valence-corrected chi connectivity index (χ0v) is 36.9. The van der Waals surface area contributed by atoms with Crippen LogP contribution in [0.15, 0.2) is 58.5 Å². The third-order valence-electron chi connectivity index (χ3n) is 10.9. The summed E-state index contributed by atoms with van der Waals surface area (Å²) in [6, 6.07) is 16.7. The number of hydrogen-bond acceptors (Lipinski definition) is 2. The SMILES string of the molecule is CCCCCCCCCCCCCCCCC#Cc1ccc(N=CC(CCCC)=Nc2ccc(C#CCCCCCCCCCCCCCCCC)cc2)cc1. The van der Waals surface area contributed by atoms with Gasteiger partial charge in [0.1, 0.15) is 0 Å². The van der Waals surface area contributed by atoms with Crippen LogP contribution in [0, 0.1) is 23.7 Å². The normalized spacial score (nSPS) is 11.4. The van der Waals surface area contributed by atoms with Crippen molar-refractivity contribution in [3.05, 3.63) is 59.7 Å². The van der Waals surface area contributed by atoms with E-state index in [4.69, 9.17) is 9.98 Å². The van der Waals surface area contributed by atoms with Gasteiger partial charge < -0.3 is 0 Å². The van der Waals surface area contributed by atoms with Crippen LogP contribution in [0.2, 0.25) is 0 Å². The highest BCUT2D eigenvalue weighted by molar-refractivity contribution is 6.31. The van der Waals surface area contributed by atoms with Gasteiger partial charge in [0.25, 0.3) is 0 Å². The van der Waals surface area contributed by atoms with Crippen molar-refractivity contribution in [2.45, 2.75) is 233 Å². The summed E-state index contributed by atoms with van der Waals surface area (Å²) in [5.74, 6) is 13.5. The first-order chi connectivity index (χ1) is 27.7. The molecule has 0 atom stereocenters. The van der Waals surface area contributed by atoms with Crippen molar-refractivity contribution in [2.75, 3.05) is 0 Å². The van der Waals surface area contributed by atoms with Crippen LogP contribution in [0.25, 0.3) is 0 Å². The molecule has 2 aromatic rings. The molecule has 0 bridgehead atoms. The lowest BCUT2D eigenvalue weighted by Crippen LogP contribution is -1.99. The molecular formula is C54H84N2. The maximum Gasteiger partial charge on any atom is 0.0634 e. The molecule has 2 nitrogen and oxygen atoms in total. The van der Waals surface area contributed by atoms with Crippen molar-refractivity contribution >= 4 is 23.3 Å². The van der Waals surface area contributed by atoms with Gasteiger partial charge >= 0.3 is 0 Å². The minimum atomic E-state index is 0.920. The maximum absolute atomic E-state index is 4.95. The van der Waals surface area contributed by atoms with Crippen LogP contribution in [0.1, 0.15) is 244 Å². The summed E-state index contributed by atoms with van der Waals surface area (Å²) in [6.45, 7) is 6.81. The molecule has 2 rings (SSSR count). The molecule has 2 aromatic carbocycles. The topological polar surface area (TPSA) is 24.7 Å². The van der Waals surface area contributed by atoms with Crippen LogP contribution >= 0.6 is 0 Å². The van der Waals surface area contributed by atoms with Gasteiger partial charge in [-0.2, -0.15) is 0 Å². The molecule has 0 saturated carbocycles. The van der Waals surface area contributed by atoms with Crippen molar-refractivity contribution in [2.24, 2.45) is 9.98 Å². The zero-order chi connectivity index (χ0) is 39.8. The summed E-state index contributed by atoms with van der Waals surface area (Å²) < 4.78 is 0. The Morgan fingerprint density at radius 2 is 0.714 bits per heavy atom.